The van der Waals surface area contributed by atoms with Gasteiger partial charge in [0.05, 0.1) is 0 Å². The maximum atomic E-state index is 2.41. The van der Waals surface area contributed by atoms with Gasteiger partial charge in [0, 0.05) is 0 Å². The summed E-state index contributed by atoms with van der Waals surface area (Å²) < 4.78 is 0. The smallest absolute Gasteiger partial charge is 0.0162 e. The molecule has 0 nitrogen and oxygen atoms in total. The lowest BCUT2D eigenvalue weighted by Crippen LogP contribution is -2.25. The fourth-order valence-electron chi connectivity index (χ4n) is 6.44. The Hall–Kier alpha value is -1.56. The van der Waals surface area contributed by atoms with E-state index in [1.165, 1.54) is 93.7 Å². The Morgan fingerprint density at radius 3 is 1.71 bits per heavy atom. The summed E-state index contributed by atoms with van der Waals surface area (Å²) in [6, 6.07) is 18.6. The summed E-state index contributed by atoms with van der Waals surface area (Å²) >= 11 is 0. The zero-order valence-corrected chi connectivity index (χ0v) is 20.1. The van der Waals surface area contributed by atoms with E-state index in [9.17, 15) is 0 Å². The van der Waals surface area contributed by atoms with Crippen LogP contribution in [0, 0.1) is 17.8 Å². The highest BCUT2D eigenvalue weighted by Crippen LogP contribution is 2.44. The third-order valence-electron chi connectivity index (χ3n) is 8.62. The Morgan fingerprint density at radius 1 is 0.613 bits per heavy atom. The topological polar surface area (TPSA) is 0 Å². The van der Waals surface area contributed by atoms with E-state index in [0.717, 1.165) is 30.1 Å². The van der Waals surface area contributed by atoms with Crippen molar-refractivity contribution in [1.82, 2.24) is 0 Å². The molecule has 168 valence electrons. The predicted octanol–water partition coefficient (Wildman–Crippen LogP) is 9.58. The first-order valence-corrected chi connectivity index (χ1v) is 13.5. The molecule has 4 rings (SSSR count). The molecule has 0 atom stereocenters. The standard InChI is InChI=1S/C31H44/c1-3-5-6-7-25-10-14-27(15-11-25)29-18-22-31(23-19-29)30-20-16-28(17-21-30)26-12-8-24(4-2)9-13-26/h8-9,12-13,16-17,20-21,25,27,29,31H,3-7,10-11,14-15,18-19,22-23H2,1-2H3/t25-,27-,29-,31-. The minimum atomic E-state index is 0.790. The summed E-state index contributed by atoms with van der Waals surface area (Å²) in [5.41, 5.74) is 5.70. The third-order valence-corrected chi connectivity index (χ3v) is 8.62. The molecule has 0 saturated heterocycles. The quantitative estimate of drug-likeness (QED) is 0.376. The van der Waals surface area contributed by atoms with Gasteiger partial charge in [-0.05, 0) is 90.9 Å². The van der Waals surface area contributed by atoms with E-state index in [4.69, 9.17) is 0 Å². The largest absolute Gasteiger partial charge is 0.0654 e. The summed E-state index contributed by atoms with van der Waals surface area (Å²) in [4.78, 5) is 0. The van der Waals surface area contributed by atoms with Crippen molar-refractivity contribution in [3.05, 3.63) is 59.7 Å². The van der Waals surface area contributed by atoms with Gasteiger partial charge in [0.2, 0.25) is 0 Å². The second-order valence-corrected chi connectivity index (χ2v) is 10.6. The van der Waals surface area contributed by atoms with E-state index in [1.54, 1.807) is 5.56 Å². The van der Waals surface area contributed by atoms with Crippen molar-refractivity contribution < 1.29 is 0 Å². The molecule has 2 aromatic rings. The van der Waals surface area contributed by atoms with Crippen LogP contribution in [0.4, 0.5) is 0 Å². The predicted molar refractivity (Wildman–Crippen MR) is 136 cm³/mol. The molecular weight excluding hydrogens is 372 g/mol. The number of hydrogen-bond acceptors (Lipinski definition) is 0. The minimum absolute atomic E-state index is 0.790. The van der Waals surface area contributed by atoms with E-state index in [-0.39, 0.29) is 0 Å². The lowest BCUT2D eigenvalue weighted by Gasteiger charge is -2.38. The molecule has 0 amide bonds. The molecule has 0 N–H and O–H groups in total. The molecule has 0 unspecified atom stereocenters. The van der Waals surface area contributed by atoms with Crippen molar-refractivity contribution in [2.24, 2.45) is 17.8 Å². The fourth-order valence-corrected chi connectivity index (χ4v) is 6.44. The first kappa shape index (κ1) is 22.6. The summed E-state index contributed by atoms with van der Waals surface area (Å²) in [5.74, 6) is 3.90. The van der Waals surface area contributed by atoms with Gasteiger partial charge >= 0.3 is 0 Å². The Morgan fingerprint density at radius 2 is 1.16 bits per heavy atom. The fraction of sp³-hybridized carbons (Fsp3) is 0.613. The van der Waals surface area contributed by atoms with Crippen LogP contribution in [-0.4, -0.2) is 0 Å². The van der Waals surface area contributed by atoms with Gasteiger partial charge in [-0.15, -0.1) is 0 Å². The maximum Gasteiger partial charge on any atom is -0.0162 e. The van der Waals surface area contributed by atoms with Gasteiger partial charge in [-0.3, -0.25) is 0 Å². The molecule has 0 aromatic heterocycles. The summed E-state index contributed by atoms with van der Waals surface area (Å²) in [6.07, 6.45) is 18.8. The van der Waals surface area contributed by atoms with Gasteiger partial charge in [-0.25, -0.2) is 0 Å². The highest BCUT2D eigenvalue weighted by molar-refractivity contribution is 5.64. The van der Waals surface area contributed by atoms with Crippen LogP contribution >= 0.6 is 0 Å². The monoisotopic (exact) mass is 416 g/mol. The summed E-state index contributed by atoms with van der Waals surface area (Å²) in [5, 5.41) is 0. The van der Waals surface area contributed by atoms with Gasteiger partial charge < -0.3 is 0 Å². The van der Waals surface area contributed by atoms with E-state index < -0.39 is 0 Å². The zero-order valence-electron chi connectivity index (χ0n) is 20.1. The van der Waals surface area contributed by atoms with Crippen LogP contribution in [-0.2, 0) is 6.42 Å². The van der Waals surface area contributed by atoms with Crippen LogP contribution in [0.25, 0.3) is 11.1 Å². The molecule has 2 fully saturated rings. The lowest BCUT2D eigenvalue weighted by molar-refractivity contribution is 0.155. The Balaban J connectivity index is 1.24. The van der Waals surface area contributed by atoms with Gasteiger partial charge in [-0.2, -0.15) is 0 Å². The second-order valence-electron chi connectivity index (χ2n) is 10.6. The zero-order chi connectivity index (χ0) is 21.5. The molecule has 0 spiro atoms. The SMILES string of the molecule is CCCCC[C@H]1CC[C@H]([C@H]2CC[C@H](c3ccc(-c4ccc(CC)cc4)cc3)CC2)CC1. The van der Waals surface area contributed by atoms with E-state index in [0.29, 0.717) is 0 Å². The van der Waals surface area contributed by atoms with Crippen LogP contribution in [0.1, 0.15) is 108 Å². The average molecular weight is 417 g/mol. The summed E-state index contributed by atoms with van der Waals surface area (Å²) in [6.45, 7) is 4.55. The van der Waals surface area contributed by atoms with Crippen molar-refractivity contribution >= 4 is 0 Å². The van der Waals surface area contributed by atoms with Crippen molar-refractivity contribution in [2.75, 3.05) is 0 Å². The van der Waals surface area contributed by atoms with Gasteiger partial charge in [0.15, 0.2) is 0 Å². The Kier molecular flexibility index (Phi) is 8.28. The molecule has 0 heterocycles. The Labute approximate surface area is 191 Å². The van der Waals surface area contributed by atoms with Gasteiger partial charge in [0.25, 0.3) is 0 Å². The number of rotatable bonds is 8. The number of unbranched alkanes of at least 4 members (excludes halogenated alkanes) is 2. The van der Waals surface area contributed by atoms with Crippen molar-refractivity contribution in [1.29, 1.82) is 0 Å². The van der Waals surface area contributed by atoms with E-state index >= 15 is 0 Å². The molecule has 0 aliphatic heterocycles. The number of benzene rings is 2. The normalized spacial score (nSPS) is 26.6. The third kappa shape index (κ3) is 6.03. The molecule has 2 aliphatic rings. The molecule has 2 aliphatic carbocycles. The van der Waals surface area contributed by atoms with E-state index in [2.05, 4.69) is 62.4 Å². The summed E-state index contributed by atoms with van der Waals surface area (Å²) in [7, 11) is 0. The maximum absolute atomic E-state index is 2.41. The Bertz CT molecular complexity index is 753. The molecule has 0 bridgehead atoms. The number of aryl methyl sites for hydroxylation is 1. The van der Waals surface area contributed by atoms with Crippen molar-refractivity contribution in [2.45, 2.75) is 103 Å². The molecule has 0 heteroatoms. The van der Waals surface area contributed by atoms with Crippen LogP contribution in [0.2, 0.25) is 0 Å². The molecule has 0 radical (unpaired) electrons. The molecule has 2 aromatic carbocycles. The molecular formula is C31H44. The first-order valence-electron chi connectivity index (χ1n) is 13.5. The highest BCUT2D eigenvalue weighted by Gasteiger charge is 2.31. The lowest BCUT2D eigenvalue weighted by atomic mass is 9.68. The molecule has 2 saturated carbocycles. The average Bonchev–Trinajstić information content (AvgIpc) is 2.85. The van der Waals surface area contributed by atoms with Gasteiger partial charge in [0.1, 0.15) is 0 Å². The van der Waals surface area contributed by atoms with Crippen molar-refractivity contribution in [3.8, 4) is 11.1 Å². The van der Waals surface area contributed by atoms with Crippen LogP contribution in [0.15, 0.2) is 48.5 Å². The van der Waals surface area contributed by atoms with Crippen LogP contribution in [0.3, 0.4) is 0 Å². The molecule has 31 heavy (non-hydrogen) atoms. The van der Waals surface area contributed by atoms with Gasteiger partial charge in [-0.1, -0.05) is 101 Å². The first-order chi connectivity index (χ1) is 15.3. The highest BCUT2D eigenvalue weighted by atomic mass is 14.4. The van der Waals surface area contributed by atoms with Crippen LogP contribution < -0.4 is 0 Å². The van der Waals surface area contributed by atoms with Crippen molar-refractivity contribution in [3.63, 3.8) is 0 Å². The second kappa shape index (κ2) is 11.3. The minimum Gasteiger partial charge on any atom is -0.0654 e. The van der Waals surface area contributed by atoms with E-state index in [1.807, 2.05) is 0 Å². The van der Waals surface area contributed by atoms with Crippen LogP contribution in [0.5, 0.6) is 0 Å². The number of hydrogen-bond donors (Lipinski definition) is 0.